The number of hydrogen-bond acceptors (Lipinski definition) is 4. The summed E-state index contributed by atoms with van der Waals surface area (Å²) in [5, 5.41) is 10.0. The minimum absolute atomic E-state index is 0. The normalized spacial score (nSPS) is 16.6. The molecule has 0 aliphatic carbocycles. The van der Waals surface area contributed by atoms with E-state index in [0.29, 0.717) is 12.5 Å². The Morgan fingerprint density at radius 1 is 1.35 bits per heavy atom. The summed E-state index contributed by atoms with van der Waals surface area (Å²) >= 11 is 1.70. The molecule has 0 aromatic carbocycles. The first kappa shape index (κ1) is 23.6. The lowest BCUT2D eigenvalue weighted by molar-refractivity contribution is 0.191. The highest BCUT2D eigenvalue weighted by molar-refractivity contribution is 14.0. The zero-order valence-corrected chi connectivity index (χ0v) is 19.9. The van der Waals surface area contributed by atoms with Gasteiger partial charge in [0.15, 0.2) is 5.96 Å². The molecule has 1 aliphatic heterocycles. The fourth-order valence-corrected chi connectivity index (χ4v) is 3.83. The van der Waals surface area contributed by atoms with Gasteiger partial charge in [-0.15, -0.1) is 35.3 Å². The third-order valence-electron chi connectivity index (χ3n) is 4.70. The molecule has 0 unspecified atom stereocenters. The van der Waals surface area contributed by atoms with Crippen molar-refractivity contribution < 1.29 is 0 Å². The molecule has 1 fully saturated rings. The lowest BCUT2D eigenvalue weighted by Crippen LogP contribution is -2.39. The van der Waals surface area contributed by atoms with Crippen molar-refractivity contribution in [1.82, 2.24) is 20.5 Å². The van der Waals surface area contributed by atoms with Crippen LogP contribution in [0.2, 0.25) is 0 Å². The zero-order chi connectivity index (χ0) is 18.1. The molecule has 2 heterocycles. The Balaban J connectivity index is 0.00000338. The number of thiazole rings is 1. The van der Waals surface area contributed by atoms with Gasteiger partial charge in [0, 0.05) is 18.5 Å². The number of piperidine rings is 1. The van der Waals surface area contributed by atoms with Crippen molar-refractivity contribution in [3.05, 3.63) is 16.1 Å². The van der Waals surface area contributed by atoms with Crippen LogP contribution in [0.25, 0.3) is 0 Å². The van der Waals surface area contributed by atoms with Crippen LogP contribution in [0.1, 0.15) is 63.6 Å². The second-order valence-corrected chi connectivity index (χ2v) is 8.26. The highest BCUT2D eigenvalue weighted by Crippen LogP contribution is 2.18. The first-order chi connectivity index (χ1) is 12.1. The minimum Gasteiger partial charge on any atom is -0.357 e. The number of rotatable bonds is 8. The summed E-state index contributed by atoms with van der Waals surface area (Å²) in [5.74, 6) is 2.29. The molecule has 26 heavy (non-hydrogen) atoms. The molecule has 0 radical (unpaired) electrons. The van der Waals surface area contributed by atoms with Crippen LogP contribution in [0.4, 0.5) is 0 Å². The fourth-order valence-electron chi connectivity index (χ4n) is 2.95. The molecule has 2 N–H and O–H groups in total. The molecule has 150 valence electrons. The molecule has 0 bridgehead atoms. The van der Waals surface area contributed by atoms with E-state index in [1.165, 1.54) is 38.2 Å². The quantitative estimate of drug-likeness (QED) is 0.248. The highest BCUT2D eigenvalue weighted by Gasteiger charge is 2.14. The Morgan fingerprint density at radius 2 is 2.08 bits per heavy atom. The van der Waals surface area contributed by atoms with E-state index in [1.807, 2.05) is 0 Å². The van der Waals surface area contributed by atoms with Crippen LogP contribution in [0.5, 0.6) is 0 Å². The molecule has 5 nitrogen and oxygen atoms in total. The Kier molecular flexibility index (Phi) is 11.7. The van der Waals surface area contributed by atoms with Crippen LogP contribution in [-0.4, -0.2) is 48.6 Å². The molecule has 0 saturated carbocycles. The van der Waals surface area contributed by atoms with Gasteiger partial charge in [-0.3, -0.25) is 0 Å². The Morgan fingerprint density at radius 3 is 2.69 bits per heavy atom. The van der Waals surface area contributed by atoms with Gasteiger partial charge in [0.25, 0.3) is 0 Å². The maximum absolute atomic E-state index is 4.68. The predicted molar refractivity (Wildman–Crippen MR) is 124 cm³/mol. The van der Waals surface area contributed by atoms with E-state index >= 15 is 0 Å². The smallest absolute Gasteiger partial charge is 0.191 e. The van der Waals surface area contributed by atoms with Gasteiger partial charge in [0.1, 0.15) is 5.01 Å². The lowest BCUT2D eigenvalue weighted by Gasteiger charge is -2.30. The Bertz CT molecular complexity index is 524. The molecule has 1 saturated heterocycles. The molecule has 1 aromatic rings. The molecule has 7 heteroatoms. The van der Waals surface area contributed by atoms with Crippen molar-refractivity contribution >= 4 is 41.3 Å². The Labute approximate surface area is 180 Å². The zero-order valence-electron chi connectivity index (χ0n) is 16.8. The van der Waals surface area contributed by atoms with Gasteiger partial charge in [0.05, 0.1) is 12.2 Å². The van der Waals surface area contributed by atoms with E-state index in [4.69, 9.17) is 0 Å². The number of halogens is 1. The van der Waals surface area contributed by atoms with Crippen molar-refractivity contribution in [3.8, 4) is 0 Å². The molecule has 1 aromatic heterocycles. The van der Waals surface area contributed by atoms with Crippen molar-refractivity contribution in [3.63, 3.8) is 0 Å². The van der Waals surface area contributed by atoms with E-state index in [0.717, 1.165) is 36.4 Å². The number of nitrogens with one attached hydrogen (secondary N) is 2. The minimum atomic E-state index is 0. The van der Waals surface area contributed by atoms with Gasteiger partial charge in [-0.2, -0.15) is 0 Å². The van der Waals surface area contributed by atoms with Gasteiger partial charge in [0.2, 0.25) is 0 Å². The van der Waals surface area contributed by atoms with Gasteiger partial charge in [-0.05, 0) is 57.7 Å². The first-order valence-electron chi connectivity index (χ1n) is 9.77. The number of aromatic nitrogens is 1. The second kappa shape index (κ2) is 12.9. The summed E-state index contributed by atoms with van der Waals surface area (Å²) in [6.07, 6.45) is 3.86. The number of guanidine groups is 1. The van der Waals surface area contributed by atoms with Crippen molar-refractivity contribution in [2.45, 2.75) is 59.4 Å². The third-order valence-corrected chi connectivity index (χ3v) is 5.55. The van der Waals surface area contributed by atoms with Crippen LogP contribution in [0.15, 0.2) is 10.4 Å². The van der Waals surface area contributed by atoms with Crippen molar-refractivity contribution in [1.29, 1.82) is 0 Å². The maximum atomic E-state index is 4.68. The summed E-state index contributed by atoms with van der Waals surface area (Å²) in [6, 6.07) is 0. The number of hydrogen-bond donors (Lipinski definition) is 2. The summed E-state index contributed by atoms with van der Waals surface area (Å²) in [4.78, 5) is 11.9. The van der Waals surface area contributed by atoms with Gasteiger partial charge < -0.3 is 15.5 Å². The van der Waals surface area contributed by atoms with Crippen molar-refractivity contribution in [2.24, 2.45) is 10.9 Å². The second-order valence-electron chi connectivity index (χ2n) is 7.32. The molecule has 0 amide bonds. The molecule has 0 atom stereocenters. The topological polar surface area (TPSA) is 52.6 Å². The number of aliphatic imine (C=N–C) groups is 1. The van der Waals surface area contributed by atoms with Gasteiger partial charge in [-0.1, -0.05) is 20.8 Å². The molecular formula is C19H36IN5S. The third kappa shape index (κ3) is 8.52. The first-order valence-corrected chi connectivity index (χ1v) is 10.6. The fraction of sp³-hybridized carbons (Fsp3) is 0.789. The van der Waals surface area contributed by atoms with Crippen LogP contribution in [0.3, 0.4) is 0 Å². The highest BCUT2D eigenvalue weighted by atomic mass is 127. The van der Waals surface area contributed by atoms with Crippen molar-refractivity contribution in [2.75, 3.05) is 32.7 Å². The average molecular weight is 494 g/mol. The average Bonchev–Trinajstić information content (AvgIpc) is 3.07. The molecule has 0 spiro atoms. The van der Waals surface area contributed by atoms with Crippen LogP contribution < -0.4 is 10.6 Å². The summed E-state index contributed by atoms with van der Waals surface area (Å²) < 4.78 is 0. The predicted octanol–water partition coefficient (Wildman–Crippen LogP) is 4.06. The van der Waals surface area contributed by atoms with E-state index < -0.39 is 0 Å². The van der Waals surface area contributed by atoms with E-state index in [2.05, 4.69) is 58.6 Å². The van der Waals surface area contributed by atoms with E-state index in [1.54, 1.807) is 11.3 Å². The molecule has 2 rings (SSSR count). The summed E-state index contributed by atoms with van der Waals surface area (Å²) in [7, 11) is 0. The van der Waals surface area contributed by atoms with Gasteiger partial charge >= 0.3 is 0 Å². The summed E-state index contributed by atoms with van der Waals surface area (Å²) in [5.41, 5.74) is 1.17. The monoisotopic (exact) mass is 493 g/mol. The van der Waals surface area contributed by atoms with Crippen LogP contribution in [-0.2, 0) is 6.54 Å². The summed E-state index contributed by atoms with van der Waals surface area (Å²) in [6.45, 7) is 15.0. The van der Waals surface area contributed by atoms with Crippen LogP contribution in [0, 0.1) is 5.92 Å². The van der Waals surface area contributed by atoms with Crippen LogP contribution >= 0.6 is 35.3 Å². The SMILES string of the molecule is CCNC(=NCc1nc(C(C)C)cs1)NCCCN1CCC(C)CC1.I. The Hall–Kier alpha value is -0.410. The van der Waals surface area contributed by atoms with E-state index in [-0.39, 0.29) is 24.0 Å². The number of nitrogens with zero attached hydrogens (tertiary/aromatic N) is 3. The molecular weight excluding hydrogens is 457 g/mol. The largest absolute Gasteiger partial charge is 0.357 e. The molecule has 1 aliphatic rings. The lowest BCUT2D eigenvalue weighted by atomic mass is 9.99. The van der Waals surface area contributed by atoms with Gasteiger partial charge in [-0.25, -0.2) is 9.98 Å². The van der Waals surface area contributed by atoms with E-state index in [9.17, 15) is 0 Å². The number of likely N-dealkylation sites (tertiary alicyclic amines) is 1. The standard InChI is InChI=1S/C19H35N5S.HI/c1-5-20-19(22-13-18-23-17(14-25-18)15(2)3)21-9-6-10-24-11-7-16(4)8-12-24;/h14-16H,5-13H2,1-4H3,(H2,20,21,22);1H. The maximum Gasteiger partial charge on any atom is 0.191 e.